The molecule has 0 unspecified atom stereocenters. The van der Waals surface area contributed by atoms with E-state index in [2.05, 4.69) is 20.9 Å². The van der Waals surface area contributed by atoms with Gasteiger partial charge in [0.1, 0.15) is 6.54 Å². The lowest BCUT2D eigenvalue weighted by atomic mass is 10.2. The molecule has 0 aliphatic rings. The topological polar surface area (TPSA) is 88.9 Å². The summed E-state index contributed by atoms with van der Waals surface area (Å²) in [7, 11) is 0. The van der Waals surface area contributed by atoms with E-state index in [1.165, 1.54) is 10.7 Å². The van der Waals surface area contributed by atoms with E-state index in [-0.39, 0.29) is 18.1 Å². The molecule has 3 rings (SSSR count). The molecule has 3 aromatic rings. The average Bonchev–Trinajstić information content (AvgIpc) is 3.02. The van der Waals surface area contributed by atoms with Crippen LogP contribution in [0.15, 0.2) is 36.4 Å². The highest BCUT2D eigenvalue weighted by Crippen LogP contribution is 2.25. The number of aromatic nitrogens is 3. The molecular weight excluding hydrogens is 437 g/mol. The van der Waals surface area contributed by atoms with Crippen molar-refractivity contribution >= 4 is 58.0 Å². The number of nitrogens with one attached hydrogen (secondary N) is 2. The molecule has 2 aromatic carbocycles. The van der Waals surface area contributed by atoms with Gasteiger partial charge in [-0.3, -0.25) is 9.59 Å². The Kier molecular flexibility index (Phi) is 6.42. The molecule has 150 valence electrons. The Morgan fingerprint density at radius 2 is 1.59 bits per heavy atom. The van der Waals surface area contributed by atoms with E-state index >= 15 is 0 Å². The molecular formula is C19H16Cl3N5O2. The normalized spacial score (nSPS) is 10.7. The van der Waals surface area contributed by atoms with Crippen LogP contribution in [0, 0.1) is 13.8 Å². The smallest absolute Gasteiger partial charge is 0.278 e. The standard InChI is InChI=1S/C19H16Cl3N5O2/c1-10-3-4-12(7-15(10)21)23-17(28)9-27-11(2)18(25-26-27)19(29)24-13-5-6-14(20)16(22)8-13/h3-8H,9H2,1-2H3,(H,23,28)(H,24,29). The van der Waals surface area contributed by atoms with Gasteiger partial charge in [-0.15, -0.1) is 5.10 Å². The number of anilines is 2. The average molecular weight is 453 g/mol. The summed E-state index contributed by atoms with van der Waals surface area (Å²) >= 11 is 17.9. The Hall–Kier alpha value is -2.61. The lowest BCUT2D eigenvalue weighted by Gasteiger charge is -2.08. The van der Waals surface area contributed by atoms with Gasteiger partial charge in [0.2, 0.25) is 5.91 Å². The molecule has 0 radical (unpaired) electrons. The summed E-state index contributed by atoms with van der Waals surface area (Å²) in [5.41, 5.74) is 2.49. The molecule has 29 heavy (non-hydrogen) atoms. The molecule has 2 N–H and O–H groups in total. The van der Waals surface area contributed by atoms with E-state index in [1.54, 1.807) is 31.2 Å². The van der Waals surface area contributed by atoms with E-state index in [1.807, 2.05) is 13.0 Å². The van der Waals surface area contributed by atoms with Crippen molar-refractivity contribution in [3.63, 3.8) is 0 Å². The minimum Gasteiger partial charge on any atom is -0.324 e. The molecule has 0 fully saturated rings. The van der Waals surface area contributed by atoms with Gasteiger partial charge in [-0.1, -0.05) is 46.1 Å². The van der Waals surface area contributed by atoms with Crippen molar-refractivity contribution < 1.29 is 9.59 Å². The third-order valence-corrected chi connectivity index (χ3v) is 5.27. The zero-order valence-electron chi connectivity index (χ0n) is 15.5. The van der Waals surface area contributed by atoms with Gasteiger partial charge in [-0.05, 0) is 49.7 Å². The summed E-state index contributed by atoms with van der Waals surface area (Å²) in [5.74, 6) is -0.799. The highest BCUT2D eigenvalue weighted by atomic mass is 35.5. The van der Waals surface area contributed by atoms with Crippen LogP contribution in [0.25, 0.3) is 0 Å². The summed E-state index contributed by atoms with van der Waals surface area (Å²) in [4.78, 5) is 24.8. The zero-order chi connectivity index (χ0) is 21.1. The van der Waals surface area contributed by atoms with Crippen LogP contribution in [0.5, 0.6) is 0 Å². The van der Waals surface area contributed by atoms with Crippen molar-refractivity contribution in [3.05, 3.63) is 68.4 Å². The lowest BCUT2D eigenvalue weighted by molar-refractivity contribution is -0.117. The Bertz CT molecular complexity index is 1100. The van der Waals surface area contributed by atoms with Gasteiger partial charge < -0.3 is 10.6 Å². The second-order valence-electron chi connectivity index (χ2n) is 6.28. The summed E-state index contributed by atoms with van der Waals surface area (Å²) in [5, 5.41) is 14.4. The van der Waals surface area contributed by atoms with E-state index in [0.29, 0.717) is 32.1 Å². The first-order chi connectivity index (χ1) is 13.7. The van der Waals surface area contributed by atoms with Crippen LogP contribution in [-0.4, -0.2) is 26.8 Å². The number of aryl methyl sites for hydroxylation is 1. The fourth-order valence-corrected chi connectivity index (χ4v) is 2.97. The SMILES string of the molecule is Cc1ccc(NC(=O)Cn2nnc(C(=O)Nc3ccc(Cl)c(Cl)c3)c2C)cc1Cl. The molecule has 0 saturated carbocycles. The van der Waals surface area contributed by atoms with Gasteiger partial charge in [0.05, 0.1) is 15.7 Å². The van der Waals surface area contributed by atoms with Crippen LogP contribution in [-0.2, 0) is 11.3 Å². The minimum absolute atomic E-state index is 0.0993. The molecule has 0 spiro atoms. The fraction of sp³-hybridized carbons (Fsp3) is 0.158. The third-order valence-electron chi connectivity index (χ3n) is 4.12. The molecule has 0 aliphatic carbocycles. The Morgan fingerprint density at radius 3 is 2.28 bits per heavy atom. The zero-order valence-corrected chi connectivity index (χ0v) is 17.7. The van der Waals surface area contributed by atoms with Crippen molar-refractivity contribution in [1.29, 1.82) is 0 Å². The number of hydrogen-bond donors (Lipinski definition) is 2. The lowest BCUT2D eigenvalue weighted by Crippen LogP contribution is -2.21. The predicted octanol–water partition coefficient (Wildman–Crippen LogP) is 4.75. The maximum atomic E-state index is 12.5. The maximum Gasteiger partial charge on any atom is 0.278 e. The number of hydrogen-bond acceptors (Lipinski definition) is 4. The van der Waals surface area contributed by atoms with Crippen LogP contribution in [0.1, 0.15) is 21.7 Å². The molecule has 7 nitrogen and oxygen atoms in total. The van der Waals surface area contributed by atoms with E-state index in [0.717, 1.165) is 5.56 Å². The maximum absolute atomic E-state index is 12.5. The number of halogens is 3. The van der Waals surface area contributed by atoms with Crippen LogP contribution in [0.3, 0.4) is 0 Å². The molecule has 1 aromatic heterocycles. The summed E-state index contributed by atoms with van der Waals surface area (Å²) in [6, 6.07) is 9.95. The number of carbonyl (C=O) groups excluding carboxylic acids is 2. The first-order valence-electron chi connectivity index (χ1n) is 8.47. The van der Waals surface area contributed by atoms with E-state index in [9.17, 15) is 9.59 Å². The Morgan fingerprint density at radius 1 is 0.931 bits per heavy atom. The number of nitrogens with zero attached hydrogens (tertiary/aromatic N) is 3. The fourth-order valence-electron chi connectivity index (χ4n) is 2.49. The summed E-state index contributed by atoms with van der Waals surface area (Å²) in [6.07, 6.45) is 0. The Labute approximate surface area is 181 Å². The van der Waals surface area contributed by atoms with Gasteiger partial charge in [0.25, 0.3) is 5.91 Å². The van der Waals surface area contributed by atoms with Crippen molar-refractivity contribution in [1.82, 2.24) is 15.0 Å². The highest BCUT2D eigenvalue weighted by molar-refractivity contribution is 6.42. The second kappa shape index (κ2) is 8.82. The summed E-state index contributed by atoms with van der Waals surface area (Å²) < 4.78 is 1.34. The number of amides is 2. The molecule has 10 heteroatoms. The molecule has 1 heterocycles. The first kappa shape index (κ1) is 21.1. The van der Waals surface area contributed by atoms with Gasteiger partial charge in [-0.2, -0.15) is 0 Å². The second-order valence-corrected chi connectivity index (χ2v) is 7.50. The third kappa shape index (κ3) is 5.06. The molecule has 0 atom stereocenters. The number of benzene rings is 2. The van der Waals surface area contributed by atoms with Gasteiger partial charge in [-0.25, -0.2) is 4.68 Å². The van der Waals surface area contributed by atoms with Crippen molar-refractivity contribution in [3.8, 4) is 0 Å². The minimum atomic E-state index is -0.474. The number of carbonyl (C=O) groups is 2. The first-order valence-corrected chi connectivity index (χ1v) is 9.60. The van der Waals surface area contributed by atoms with E-state index in [4.69, 9.17) is 34.8 Å². The molecule has 2 amide bonds. The van der Waals surface area contributed by atoms with Gasteiger partial charge in [0, 0.05) is 16.4 Å². The molecule has 0 saturated heterocycles. The Balaban J connectivity index is 1.67. The quantitative estimate of drug-likeness (QED) is 0.585. The largest absolute Gasteiger partial charge is 0.324 e. The summed E-state index contributed by atoms with van der Waals surface area (Å²) in [6.45, 7) is 3.42. The molecule has 0 bridgehead atoms. The highest BCUT2D eigenvalue weighted by Gasteiger charge is 2.18. The van der Waals surface area contributed by atoms with Crippen LogP contribution in [0.4, 0.5) is 11.4 Å². The van der Waals surface area contributed by atoms with Crippen molar-refractivity contribution in [2.75, 3.05) is 10.6 Å². The van der Waals surface area contributed by atoms with Gasteiger partial charge in [0.15, 0.2) is 5.69 Å². The van der Waals surface area contributed by atoms with E-state index < -0.39 is 5.91 Å². The van der Waals surface area contributed by atoms with Crippen molar-refractivity contribution in [2.45, 2.75) is 20.4 Å². The van der Waals surface area contributed by atoms with Gasteiger partial charge >= 0.3 is 0 Å². The van der Waals surface area contributed by atoms with Crippen LogP contribution in [0.2, 0.25) is 15.1 Å². The molecule has 0 aliphatic heterocycles. The van der Waals surface area contributed by atoms with Crippen molar-refractivity contribution in [2.24, 2.45) is 0 Å². The monoisotopic (exact) mass is 451 g/mol. The van der Waals surface area contributed by atoms with Crippen LogP contribution < -0.4 is 10.6 Å². The predicted molar refractivity (Wildman–Crippen MR) is 114 cm³/mol. The van der Waals surface area contributed by atoms with Crippen LogP contribution >= 0.6 is 34.8 Å². The number of rotatable bonds is 5.